The highest BCUT2D eigenvalue weighted by atomic mass is 15.1. The number of hydrogen-bond donors (Lipinski definition) is 0. The summed E-state index contributed by atoms with van der Waals surface area (Å²) in [5.74, 6) is 0. The van der Waals surface area contributed by atoms with Gasteiger partial charge < -0.3 is 4.90 Å². The van der Waals surface area contributed by atoms with Crippen molar-refractivity contribution in [1.82, 2.24) is 0 Å². The lowest BCUT2D eigenvalue weighted by Crippen LogP contribution is -2.16. The van der Waals surface area contributed by atoms with Gasteiger partial charge in [-0.25, -0.2) is 0 Å². The topological polar surface area (TPSA) is 3.24 Å². The summed E-state index contributed by atoms with van der Waals surface area (Å²) in [6.07, 6.45) is 0. The number of nitrogens with zero attached hydrogens (tertiary/aromatic N) is 1. The number of rotatable bonds is 5. The maximum absolute atomic E-state index is 2.46. The summed E-state index contributed by atoms with van der Waals surface area (Å²) in [4.78, 5) is 2.46. The summed E-state index contributed by atoms with van der Waals surface area (Å²) in [6.45, 7) is 4.73. The van der Waals surface area contributed by atoms with Gasteiger partial charge in [0.25, 0.3) is 0 Å². The second kappa shape index (κ2) is 12.5. The Labute approximate surface area is 327 Å². The number of anilines is 3. The molecule has 0 N–H and O–H groups in total. The van der Waals surface area contributed by atoms with Gasteiger partial charge in [-0.3, -0.25) is 0 Å². The summed E-state index contributed by atoms with van der Waals surface area (Å²) >= 11 is 0. The van der Waals surface area contributed by atoms with Crippen molar-refractivity contribution in [2.45, 2.75) is 19.3 Å². The zero-order valence-corrected chi connectivity index (χ0v) is 31.5. The smallest absolute Gasteiger partial charge is 0.0467 e. The molecular formula is C55H39N. The van der Waals surface area contributed by atoms with Crippen LogP contribution in [0.25, 0.3) is 76.5 Å². The van der Waals surface area contributed by atoms with Crippen LogP contribution in [0.3, 0.4) is 0 Å². The molecule has 0 aliphatic heterocycles. The molecular weight excluding hydrogens is 675 g/mol. The lowest BCUT2D eigenvalue weighted by atomic mass is 9.82. The third-order valence-electron chi connectivity index (χ3n) is 12.2. The molecule has 0 heterocycles. The normalized spacial score (nSPS) is 13.0. The maximum Gasteiger partial charge on any atom is 0.0467 e. The fourth-order valence-electron chi connectivity index (χ4n) is 9.49. The van der Waals surface area contributed by atoms with Crippen LogP contribution >= 0.6 is 0 Å². The van der Waals surface area contributed by atoms with Gasteiger partial charge in [0.1, 0.15) is 0 Å². The van der Waals surface area contributed by atoms with Gasteiger partial charge in [-0.2, -0.15) is 0 Å². The van der Waals surface area contributed by atoms with E-state index in [0.717, 1.165) is 17.1 Å². The largest absolute Gasteiger partial charge is 0.310 e. The number of hydrogen-bond acceptors (Lipinski definition) is 1. The molecule has 10 aromatic carbocycles. The molecule has 0 atom stereocenters. The van der Waals surface area contributed by atoms with Gasteiger partial charge in [0.05, 0.1) is 0 Å². The van der Waals surface area contributed by atoms with Crippen molar-refractivity contribution in [1.29, 1.82) is 0 Å². The zero-order chi connectivity index (χ0) is 37.4. The fourth-order valence-corrected chi connectivity index (χ4v) is 9.49. The molecule has 10 aromatic rings. The Kier molecular flexibility index (Phi) is 7.28. The van der Waals surface area contributed by atoms with Crippen LogP contribution in [0.1, 0.15) is 25.0 Å². The molecule has 0 saturated heterocycles. The minimum absolute atomic E-state index is 0.120. The van der Waals surface area contributed by atoms with E-state index in [9.17, 15) is 0 Å². The third-order valence-corrected chi connectivity index (χ3v) is 12.2. The SMILES string of the molecule is CC1(C)c2ccccc2-c2ccc(N(c3cccc(-c4cc5ccccc5c5ccccc45)c3)c3cccc(-c4cc5ccccc5c5ccccc45)c3)cc21. The van der Waals surface area contributed by atoms with E-state index in [0.29, 0.717) is 0 Å². The van der Waals surface area contributed by atoms with E-state index >= 15 is 0 Å². The first-order valence-corrected chi connectivity index (χ1v) is 19.6. The molecule has 0 radical (unpaired) electrons. The Morgan fingerprint density at radius 2 is 0.750 bits per heavy atom. The third kappa shape index (κ3) is 5.01. The zero-order valence-electron chi connectivity index (χ0n) is 31.5. The molecule has 1 heteroatoms. The van der Waals surface area contributed by atoms with Crippen LogP contribution in [-0.2, 0) is 5.41 Å². The van der Waals surface area contributed by atoms with Gasteiger partial charge in [0.15, 0.2) is 0 Å². The molecule has 0 amide bonds. The lowest BCUT2D eigenvalue weighted by Gasteiger charge is -2.29. The van der Waals surface area contributed by atoms with E-state index in [-0.39, 0.29) is 5.41 Å². The molecule has 11 rings (SSSR count). The van der Waals surface area contributed by atoms with Gasteiger partial charge in [-0.15, -0.1) is 0 Å². The molecule has 0 saturated carbocycles. The Bertz CT molecular complexity index is 3020. The van der Waals surface area contributed by atoms with Crippen molar-refractivity contribution in [3.63, 3.8) is 0 Å². The van der Waals surface area contributed by atoms with E-state index in [4.69, 9.17) is 0 Å². The number of benzene rings is 10. The first kappa shape index (κ1) is 32.5. The molecule has 0 unspecified atom stereocenters. The van der Waals surface area contributed by atoms with Crippen molar-refractivity contribution >= 4 is 60.2 Å². The van der Waals surface area contributed by atoms with Crippen molar-refractivity contribution in [2.24, 2.45) is 0 Å². The molecule has 1 aliphatic carbocycles. The molecule has 56 heavy (non-hydrogen) atoms. The van der Waals surface area contributed by atoms with Crippen LogP contribution in [0.5, 0.6) is 0 Å². The highest BCUT2D eigenvalue weighted by Crippen LogP contribution is 2.51. The van der Waals surface area contributed by atoms with E-state index in [2.05, 4.69) is 219 Å². The van der Waals surface area contributed by atoms with Gasteiger partial charge in [0.2, 0.25) is 0 Å². The van der Waals surface area contributed by atoms with Crippen molar-refractivity contribution < 1.29 is 0 Å². The highest BCUT2D eigenvalue weighted by Gasteiger charge is 2.35. The second-order valence-electron chi connectivity index (χ2n) is 15.7. The molecule has 1 aliphatic rings. The highest BCUT2D eigenvalue weighted by molar-refractivity contribution is 6.15. The van der Waals surface area contributed by atoms with E-state index in [1.54, 1.807) is 0 Å². The Morgan fingerprint density at radius 1 is 0.304 bits per heavy atom. The molecule has 0 spiro atoms. The van der Waals surface area contributed by atoms with Gasteiger partial charge in [-0.1, -0.05) is 166 Å². The van der Waals surface area contributed by atoms with Gasteiger partial charge in [0, 0.05) is 22.5 Å². The van der Waals surface area contributed by atoms with Crippen LogP contribution in [0.2, 0.25) is 0 Å². The van der Waals surface area contributed by atoms with Crippen LogP contribution in [-0.4, -0.2) is 0 Å². The molecule has 0 bridgehead atoms. The first-order valence-electron chi connectivity index (χ1n) is 19.6. The lowest BCUT2D eigenvalue weighted by molar-refractivity contribution is 0.660. The van der Waals surface area contributed by atoms with Gasteiger partial charge >= 0.3 is 0 Å². The summed E-state index contributed by atoms with van der Waals surface area (Å²) in [5, 5.41) is 10.1. The maximum atomic E-state index is 2.46. The van der Waals surface area contributed by atoms with E-state index in [1.165, 1.54) is 87.6 Å². The minimum Gasteiger partial charge on any atom is -0.310 e. The van der Waals surface area contributed by atoms with E-state index < -0.39 is 0 Å². The molecule has 0 aromatic heterocycles. The summed E-state index contributed by atoms with van der Waals surface area (Å²) in [7, 11) is 0. The van der Waals surface area contributed by atoms with Crippen molar-refractivity contribution in [3.8, 4) is 33.4 Å². The van der Waals surface area contributed by atoms with Crippen LogP contribution in [0, 0.1) is 0 Å². The Morgan fingerprint density at radius 3 is 1.32 bits per heavy atom. The quantitative estimate of drug-likeness (QED) is 0.161. The molecule has 264 valence electrons. The summed E-state index contributed by atoms with van der Waals surface area (Å²) in [6, 6.07) is 74.1. The Hall–Kier alpha value is -6.96. The first-order chi connectivity index (χ1) is 27.5. The Balaban J connectivity index is 1.13. The van der Waals surface area contributed by atoms with Crippen molar-refractivity contribution in [2.75, 3.05) is 4.90 Å². The molecule has 0 fully saturated rings. The fraction of sp³-hybridized carbons (Fsp3) is 0.0545. The predicted octanol–water partition coefficient (Wildman–Crippen LogP) is 15.4. The van der Waals surface area contributed by atoms with E-state index in [1.807, 2.05) is 0 Å². The average Bonchev–Trinajstić information content (AvgIpc) is 3.48. The standard InChI is InChI=1S/C55H39N/c1-55(2)53-28-12-11-27-49(53)50-30-29-42(35-54(50)55)56(40-19-13-17-36(31-40)51-33-38-15-3-5-21-43(38)45-23-7-9-25-47(45)51)41-20-14-18-37(32-41)52-34-39-16-4-6-22-44(39)46-24-8-10-26-48(46)52/h3-35H,1-2H3. The predicted molar refractivity (Wildman–Crippen MR) is 240 cm³/mol. The van der Waals surface area contributed by atoms with Crippen LogP contribution in [0.15, 0.2) is 200 Å². The van der Waals surface area contributed by atoms with Crippen LogP contribution < -0.4 is 4.90 Å². The second-order valence-corrected chi connectivity index (χ2v) is 15.7. The number of fused-ring (bicyclic) bond motifs is 9. The van der Waals surface area contributed by atoms with Crippen molar-refractivity contribution in [3.05, 3.63) is 211 Å². The van der Waals surface area contributed by atoms with Crippen LogP contribution in [0.4, 0.5) is 17.1 Å². The monoisotopic (exact) mass is 713 g/mol. The minimum atomic E-state index is -0.120. The summed E-state index contributed by atoms with van der Waals surface area (Å²) < 4.78 is 0. The molecule has 1 nitrogen and oxygen atoms in total. The summed E-state index contributed by atoms with van der Waals surface area (Å²) in [5.41, 5.74) is 13.5. The average molecular weight is 714 g/mol. The van der Waals surface area contributed by atoms with Gasteiger partial charge in [-0.05, 0) is 136 Å².